The molecule has 6 heteroatoms. The minimum absolute atomic E-state index is 0.0980. The molecule has 6 rings (SSSR count). The number of benzene rings is 2. The summed E-state index contributed by atoms with van der Waals surface area (Å²) in [6.07, 6.45) is 11.4. The average Bonchev–Trinajstić information content (AvgIpc) is 2.98. The second-order valence-electron chi connectivity index (χ2n) is 11.2. The molecule has 0 aliphatic carbocycles. The van der Waals surface area contributed by atoms with Gasteiger partial charge in [-0.15, -0.1) is 0 Å². The van der Waals surface area contributed by atoms with E-state index in [1.807, 2.05) is 12.1 Å². The van der Waals surface area contributed by atoms with Gasteiger partial charge in [0.15, 0.2) is 5.78 Å². The number of rotatable bonds is 8. The Morgan fingerprint density at radius 1 is 0.974 bits per heavy atom. The van der Waals surface area contributed by atoms with Gasteiger partial charge >= 0.3 is 5.63 Å². The fourth-order valence-electron chi connectivity index (χ4n) is 6.59. The van der Waals surface area contributed by atoms with Crippen LogP contribution in [-0.4, -0.2) is 56.5 Å². The van der Waals surface area contributed by atoms with Crippen LogP contribution in [0.25, 0.3) is 17.0 Å². The topological polar surface area (TPSA) is 57.0 Å². The highest BCUT2D eigenvalue weighted by atomic mass is 16.4. The summed E-state index contributed by atoms with van der Waals surface area (Å²) in [7, 11) is 0. The van der Waals surface area contributed by atoms with Crippen molar-refractivity contribution in [2.24, 2.45) is 0 Å². The first-order valence-corrected chi connectivity index (χ1v) is 14.8. The molecule has 0 amide bonds. The quantitative estimate of drug-likeness (QED) is 0.214. The molecule has 6 nitrogen and oxygen atoms in total. The Morgan fingerprint density at radius 3 is 2.51 bits per heavy atom. The van der Waals surface area contributed by atoms with Gasteiger partial charge in [0.25, 0.3) is 0 Å². The summed E-state index contributed by atoms with van der Waals surface area (Å²) < 4.78 is 5.81. The maximum absolute atomic E-state index is 13.1. The van der Waals surface area contributed by atoms with Gasteiger partial charge in [0.2, 0.25) is 0 Å². The number of carbonyl (C=O) groups is 1. The summed E-state index contributed by atoms with van der Waals surface area (Å²) in [4.78, 5) is 33.4. The summed E-state index contributed by atoms with van der Waals surface area (Å²) in [5, 5.41) is 0.859. The van der Waals surface area contributed by atoms with Gasteiger partial charge in [-0.1, -0.05) is 24.6 Å². The van der Waals surface area contributed by atoms with Crippen LogP contribution < -0.4 is 15.4 Å². The van der Waals surface area contributed by atoms with Crippen LogP contribution in [0.5, 0.6) is 0 Å². The summed E-state index contributed by atoms with van der Waals surface area (Å²) in [6.45, 7) is 9.83. The zero-order valence-electron chi connectivity index (χ0n) is 23.1. The first kappa shape index (κ1) is 25.9. The van der Waals surface area contributed by atoms with E-state index in [0.717, 1.165) is 74.9 Å². The zero-order chi connectivity index (χ0) is 26.8. The van der Waals surface area contributed by atoms with Crippen LogP contribution in [0.4, 0.5) is 11.4 Å². The van der Waals surface area contributed by atoms with Gasteiger partial charge in [0.05, 0.1) is 0 Å². The fraction of sp³-hybridized carbons (Fsp3) is 0.455. The molecule has 3 aliphatic rings. The molecule has 39 heavy (non-hydrogen) atoms. The summed E-state index contributed by atoms with van der Waals surface area (Å²) in [5.74, 6) is -0.320. The van der Waals surface area contributed by atoms with Crippen molar-refractivity contribution in [3.8, 4) is 0 Å². The standard InChI is InChI=1S/C33H39N3O3/c1-2-35(21-20-34-16-4-3-5-17-34)27-13-10-24(11-14-27)12-15-30(37)29-23-26-22-25-8-6-18-36-19-7-9-28(31(25)36)32(26)39-33(29)38/h10-15,22-23H,2-9,16-21H2,1H3. The second-order valence-corrected chi connectivity index (χ2v) is 11.2. The highest BCUT2D eigenvalue weighted by Crippen LogP contribution is 2.39. The Morgan fingerprint density at radius 2 is 1.74 bits per heavy atom. The molecule has 0 atom stereocenters. The van der Waals surface area contributed by atoms with Crippen LogP contribution in [0, 0.1) is 0 Å². The lowest BCUT2D eigenvalue weighted by Gasteiger charge is -2.37. The molecule has 0 bridgehead atoms. The first-order valence-electron chi connectivity index (χ1n) is 14.8. The van der Waals surface area contributed by atoms with E-state index in [-0.39, 0.29) is 11.3 Å². The smallest absolute Gasteiger partial charge is 0.347 e. The molecule has 1 fully saturated rings. The van der Waals surface area contributed by atoms with E-state index < -0.39 is 5.63 Å². The predicted octanol–water partition coefficient (Wildman–Crippen LogP) is 5.70. The number of hydrogen-bond acceptors (Lipinski definition) is 6. The summed E-state index contributed by atoms with van der Waals surface area (Å²) in [5.41, 5.74) is 6.04. The van der Waals surface area contributed by atoms with Crippen molar-refractivity contribution in [3.63, 3.8) is 0 Å². The van der Waals surface area contributed by atoms with Crippen molar-refractivity contribution in [2.45, 2.75) is 51.9 Å². The van der Waals surface area contributed by atoms with Crippen molar-refractivity contribution in [3.05, 3.63) is 75.1 Å². The predicted molar refractivity (Wildman–Crippen MR) is 159 cm³/mol. The van der Waals surface area contributed by atoms with E-state index in [1.165, 1.54) is 55.4 Å². The lowest BCUT2D eigenvalue weighted by atomic mass is 9.90. The molecular weight excluding hydrogens is 486 g/mol. The maximum atomic E-state index is 13.1. The van der Waals surface area contributed by atoms with Crippen molar-refractivity contribution >= 4 is 34.2 Å². The number of nitrogens with zero attached hydrogens (tertiary/aromatic N) is 3. The normalized spacial score (nSPS) is 17.5. The van der Waals surface area contributed by atoms with Crippen molar-refractivity contribution < 1.29 is 9.21 Å². The number of carbonyl (C=O) groups excluding carboxylic acids is 1. The monoisotopic (exact) mass is 525 g/mol. The Labute approximate surface area is 230 Å². The van der Waals surface area contributed by atoms with Crippen LogP contribution in [-0.2, 0) is 12.8 Å². The molecule has 204 valence electrons. The third-order valence-corrected chi connectivity index (χ3v) is 8.68. The molecule has 1 saturated heterocycles. The first-order chi connectivity index (χ1) is 19.1. The Hall–Kier alpha value is -3.38. The van der Waals surface area contributed by atoms with Crippen LogP contribution >= 0.6 is 0 Å². The van der Waals surface area contributed by atoms with Gasteiger partial charge in [0, 0.05) is 55.0 Å². The van der Waals surface area contributed by atoms with Crippen LogP contribution in [0.1, 0.15) is 66.1 Å². The molecule has 2 aromatic carbocycles. The van der Waals surface area contributed by atoms with Gasteiger partial charge < -0.3 is 19.1 Å². The number of fused-ring (bicyclic) bond motifs is 2. The van der Waals surface area contributed by atoms with Gasteiger partial charge in [-0.05, 0) is 100 Å². The molecule has 0 saturated carbocycles. The van der Waals surface area contributed by atoms with Gasteiger partial charge in [-0.3, -0.25) is 4.79 Å². The Balaban J connectivity index is 1.17. The molecule has 0 spiro atoms. The molecule has 3 aliphatic heterocycles. The van der Waals surface area contributed by atoms with Crippen LogP contribution in [0.3, 0.4) is 0 Å². The number of allylic oxidation sites excluding steroid dienone is 1. The van der Waals surface area contributed by atoms with E-state index in [4.69, 9.17) is 4.42 Å². The summed E-state index contributed by atoms with van der Waals surface area (Å²) >= 11 is 0. The van der Waals surface area contributed by atoms with E-state index in [2.05, 4.69) is 39.8 Å². The number of likely N-dealkylation sites (N-methyl/N-ethyl adjacent to an activating group) is 1. The number of piperidine rings is 1. The molecule has 4 heterocycles. The second kappa shape index (κ2) is 11.4. The largest absolute Gasteiger partial charge is 0.422 e. The van der Waals surface area contributed by atoms with E-state index >= 15 is 0 Å². The van der Waals surface area contributed by atoms with Crippen molar-refractivity contribution in [1.29, 1.82) is 0 Å². The molecule has 0 unspecified atom stereocenters. The minimum atomic E-state index is -0.552. The molecule has 0 N–H and O–H groups in total. The van der Waals surface area contributed by atoms with Gasteiger partial charge in [-0.25, -0.2) is 4.79 Å². The Kier molecular flexibility index (Phi) is 7.55. The van der Waals surface area contributed by atoms with Gasteiger partial charge in [-0.2, -0.15) is 0 Å². The minimum Gasteiger partial charge on any atom is -0.422 e. The highest BCUT2D eigenvalue weighted by Gasteiger charge is 2.27. The van der Waals surface area contributed by atoms with Crippen molar-refractivity contribution in [2.75, 3.05) is 55.6 Å². The SMILES string of the molecule is CCN(CCN1CCCCC1)c1ccc(C=CC(=O)c2cc3cc4c5c(c3oc2=O)CCCN5CCC4)cc1. The number of anilines is 2. The number of ketones is 1. The average molecular weight is 526 g/mol. The van der Waals surface area contributed by atoms with Crippen LogP contribution in [0.2, 0.25) is 0 Å². The van der Waals surface area contributed by atoms with Crippen LogP contribution in [0.15, 0.2) is 51.7 Å². The lowest BCUT2D eigenvalue weighted by Crippen LogP contribution is -2.37. The highest BCUT2D eigenvalue weighted by molar-refractivity contribution is 6.08. The third kappa shape index (κ3) is 5.40. The molecular formula is C33H39N3O3. The van der Waals surface area contributed by atoms with Gasteiger partial charge in [0.1, 0.15) is 11.1 Å². The lowest BCUT2D eigenvalue weighted by molar-refractivity contribution is 0.104. The number of aryl methyl sites for hydroxylation is 2. The van der Waals surface area contributed by atoms with Crippen molar-refractivity contribution in [1.82, 2.24) is 4.90 Å². The molecule has 3 aromatic rings. The third-order valence-electron chi connectivity index (χ3n) is 8.68. The number of hydrogen-bond donors (Lipinski definition) is 0. The zero-order valence-corrected chi connectivity index (χ0v) is 23.1. The van der Waals surface area contributed by atoms with E-state index in [1.54, 1.807) is 12.1 Å². The molecule has 1 aromatic heterocycles. The van der Waals surface area contributed by atoms with E-state index in [0.29, 0.717) is 5.58 Å². The molecule has 0 radical (unpaired) electrons. The maximum Gasteiger partial charge on any atom is 0.347 e. The Bertz CT molecular complexity index is 1430. The van der Waals surface area contributed by atoms with E-state index in [9.17, 15) is 9.59 Å². The summed E-state index contributed by atoms with van der Waals surface area (Å²) in [6, 6.07) is 12.2. The number of likely N-dealkylation sites (tertiary alicyclic amines) is 1. The fourth-order valence-corrected chi connectivity index (χ4v) is 6.59.